The number of amides is 2. The Hall–Kier alpha value is -3.46. The average Bonchev–Trinajstić information content (AvgIpc) is 2.57. The van der Waals surface area contributed by atoms with Crippen molar-refractivity contribution in [2.45, 2.75) is 6.42 Å². The van der Waals surface area contributed by atoms with Crippen molar-refractivity contribution >= 4 is 23.7 Å². The van der Waals surface area contributed by atoms with E-state index in [1.807, 2.05) is 36.4 Å². The van der Waals surface area contributed by atoms with E-state index in [4.69, 9.17) is 5.26 Å². The zero-order valence-electron chi connectivity index (χ0n) is 12.2. The molecule has 0 aromatic heterocycles. The van der Waals surface area contributed by atoms with Crippen LogP contribution >= 0.6 is 0 Å². The monoisotopic (exact) mass is 306 g/mol. The third kappa shape index (κ3) is 5.10. The van der Waals surface area contributed by atoms with Crippen molar-refractivity contribution in [3.05, 3.63) is 65.7 Å². The molecule has 23 heavy (non-hydrogen) atoms. The number of nitrogens with one attached hydrogen (secondary N) is 2. The summed E-state index contributed by atoms with van der Waals surface area (Å²) >= 11 is 0. The third-order valence-corrected chi connectivity index (χ3v) is 2.88. The number of anilines is 1. The summed E-state index contributed by atoms with van der Waals surface area (Å²) in [5.41, 5.74) is 4.27. The van der Waals surface area contributed by atoms with Crippen LogP contribution in [0.2, 0.25) is 0 Å². The van der Waals surface area contributed by atoms with Crippen LogP contribution in [0.4, 0.5) is 5.69 Å². The Labute approximate surface area is 133 Å². The molecule has 0 bridgehead atoms. The highest BCUT2D eigenvalue weighted by Crippen LogP contribution is 2.09. The number of carbonyl (C=O) groups excluding carboxylic acids is 2. The van der Waals surface area contributed by atoms with E-state index >= 15 is 0 Å². The highest BCUT2D eigenvalue weighted by atomic mass is 16.2. The maximum Gasteiger partial charge on any atom is 0.329 e. The molecule has 0 unspecified atom stereocenters. The van der Waals surface area contributed by atoms with Gasteiger partial charge in [-0.2, -0.15) is 10.4 Å². The minimum atomic E-state index is -0.863. The minimum Gasteiger partial charge on any atom is -0.318 e. The van der Waals surface area contributed by atoms with E-state index in [0.29, 0.717) is 12.1 Å². The van der Waals surface area contributed by atoms with Crippen LogP contribution in [-0.4, -0.2) is 18.0 Å². The van der Waals surface area contributed by atoms with E-state index in [2.05, 4.69) is 15.8 Å². The minimum absolute atomic E-state index is 0.295. The van der Waals surface area contributed by atoms with Crippen LogP contribution in [0.3, 0.4) is 0 Å². The van der Waals surface area contributed by atoms with E-state index in [9.17, 15) is 9.59 Å². The SMILES string of the molecule is N#CCc1ccc(NC(=O)C(=O)NN=Cc2ccccc2)cc1. The molecule has 0 aliphatic heterocycles. The molecule has 6 nitrogen and oxygen atoms in total. The molecule has 0 radical (unpaired) electrons. The molecule has 6 heteroatoms. The maximum atomic E-state index is 11.7. The molecule has 2 aromatic rings. The smallest absolute Gasteiger partial charge is 0.318 e. The van der Waals surface area contributed by atoms with Crippen LogP contribution in [0.5, 0.6) is 0 Å². The molecule has 0 heterocycles. The average molecular weight is 306 g/mol. The first-order valence-electron chi connectivity index (χ1n) is 6.84. The van der Waals surface area contributed by atoms with Gasteiger partial charge in [-0.05, 0) is 23.3 Å². The second-order valence-corrected chi connectivity index (χ2v) is 4.60. The molecule has 0 saturated carbocycles. The van der Waals surface area contributed by atoms with Gasteiger partial charge in [-0.25, -0.2) is 5.43 Å². The van der Waals surface area contributed by atoms with Gasteiger partial charge in [0, 0.05) is 5.69 Å². The van der Waals surface area contributed by atoms with Crippen LogP contribution in [0, 0.1) is 11.3 Å². The number of hydrogen-bond donors (Lipinski definition) is 2. The number of benzene rings is 2. The van der Waals surface area contributed by atoms with Crippen molar-refractivity contribution in [3.63, 3.8) is 0 Å². The number of rotatable bonds is 4. The summed E-state index contributed by atoms with van der Waals surface area (Å²) in [5.74, 6) is -1.68. The van der Waals surface area contributed by atoms with Gasteiger partial charge >= 0.3 is 11.8 Å². The van der Waals surface area contributed by atoms with Crippen LogP contribution in [0.25, 0.3) is 0 Å². The first kappa shape index (κ1) is 15.9. The predicted octanol–water partition coefficient (Wildman–Crippen LogP) is 1.84. The van der Waals surface area contributed by atoms with E-state index in [1.54, 1.807) is 24.3 Å². The third-order valence-electron chi connectivity index (χ3n) is 2.88. The van der Waals surface area contributed by atoms with Crippen LogP contribution in [-0.2, 0) is 16.0 Å². The van der Waals surface area contributed by atoms with Crippen LogP contribution in [0.15, 0.2) is 59.7 Å². The number of carbonyl (C=O) groups is 2. The number of hydrazone groups is 1. The Morgan fingerprint density at radius 3 is 2.39 bits per heavy atom. The van der Waals surface area contributed by atoms with E-state index in [0.717, 1.165) is 11.1 Å². The van der Waals surface area contributed by atoms with Gasteiger partial charge in [-0.15, -0.1) is 0 Å². The molecular formula is C17H14N4O2. The van der Waals surface area contributed by atoms with Crippen molar-refractivity contribution in [2.24, 2.45) is 5.10 Å². The van der Waals surface area contributed by atoms with Crippen molar-refractivity contribution in [1.82, 2.24) is 5.43 Å². The molecule has 0 atom stereocenters. The quantitative estimate of drug-likeness (QED) is 0.512. The molecule has 2 N–H and O–H groups in total. The second-order valence-electron chi connectivity index (χ2n) is 4.60. The fourth-order valence-electron chi connectivity index (χ4n) is 1.74. The summed E-state index contributed by atoms with van der Waals surface area (Å²) in [6.07, 6.45) is 1.74. The largest absolute Gasteiger partial charge is 0.329 e. The predicted molar refractivity (Wildman–Crippen MR) is 86.6 cm³/mol. The zero-order chi connectivity index (χ0) is 16.5. The maximum absolute atomic E-state index is 11.7. The highest BCUT2D eigenvalue weighted by molar-refractivity contribution is 6.39. The Morgan fingerprint density at radius 2 is 1.74 bits per heavy atom. The molecule has 0 fully saturated rings. The summed E-state index contributed by atoms with van der Waals surface area (Å²) in [6.45, 7) is 0. The van der Waals surface area contributed by atoms with Crippen LogP contribution in [0.1, 0.15) is 11.1 Å². The Bertz CT molecular complexity index is 746. The van der Waals surface area contributed by atoms with Crippen molar-refractivity contribution in [2.75, 3.05) is 5.32 Å². The Balaban J connectivity index is 1.86. The number of nitrogens with zero attached hydrogens (tertiary/aromatic N) is 2. The molecule has 0 spiro atoms. The van der Waals surface area contributed by atoms with Crippen LogP contribution < -0.4 is 10.7 Å². The zero-order valence-corrected chi connectivity index (χ0v) is 12.2. The molecule has 0 aliphatic rings. The Morgan fingerprint density at radius 1 is 1.04 bits per heavy atom. The second kappa shape index (κ2) is 8.10. The van der Waals surface area contributed by atoms with Gasteiger partial charge < -0.3 is 5.32 Å². The van der Waals surface area contributed by atoms with Gasteiger partial charge in [-0.3, -0.25) is 9.59 Å². The summed E-state index contributed by atoms with van der Waals surface area (Å²) in [7, 11) is 0. The van der Waals surface area contributed by atoms with E-state index in [1.165, 1.54) is 6.21 Å². The van der Waals surface area contributed by atoms with Crippen molar-refractivity contribution in [3.8, 4) is 6.07 Å². The van der Waals surface area contributed by atoms with Gasteiger partial charge in [0.25, 0.3) is 0 Å². The molecular weight excluding hydrogens is 292 g/mol. The van der Waals surface area contributed by atoms with E-state index < -0.39 is 11.8 Å². The van der Waals surface area contributed by atoms with Gasteiger partial charge in [-0.1, -0.05) is 42.5 Å². The Kier molecular flexibility index (Phi) is 5.61. The lowest BCUT2D eigenvalue weighted by Crippen LogP contribution is -2.32. The molecule has 114 valence electrons. The van der Waals surface area contributed by atoms with Gasteiger partial charge in [0.2, 0.25) is 0 Å². The fraction of sp³-hybridized carbons (Fsp3) is 0.0588. The van der Waals surface area contributed by atoms with Gasteiger partial charge in [0.1, 0.15) is 0 Å². The standard InChI is InChI=1S/C17H14N4O2/c18-11-10-13-6-8-15(9-7-13)20-16(22)17(23)21-19-12-14-4-2-1-3-5-14/h1-9,12H,10H2,(H,20,22)(H,21,23). The summed E-state index contributed by atoms with van der Waals surface area (Å²) in [6, 6.07) is 17.9. The summed E-state index contributed by atoms with van der Waals surface area (Å²) < 4.78 is 0. The molecule has 2 aromatic carbocycles. The number of hydrogen-bond acceptors (Lipinski definition) is 4. The molecule has 2 rings (SSSR count). The highest BCUT2D eigenvalue weighted by Gasteiger charge is 2.12. The lowest BCUT2D eigenvalue weighted by molar-refractivity contribution is -0.136. The number of nitriles is 1. The normalized spacial score (nSPS) is 10.0. The molecule has 2 amide bonds. The topological polar surface area (TPSA) is 94.4 Å². The summed E-state index contributed by atoms with van der Waals surface area (Å²) in [4.78, 5) is 23.3. The fourth-order valence-corrected chi connectivity index (χ4v) is 1.74. The lowest BCUT2D eigenvalue weighted by Gasteiger charge is -2.04. The molecule has 0 saturated heterocycles. The lowest BCUT2D eigenvalue weighted by atomic mass is 10.1. The first-order chi connectivity index (χ1) is 11.2. The van der Waals surface area contributed by atoms with Gasteiger partial charge in [0.15, 0.2) is 0 Å². The molecule has 0 aliphatic carbocycles. The first-order valence-corrected chi connectivity index (χ1v) is 6.84. The van der Waals surface area contributed by atoms with Gasteiger partial charge in [0.05, 0.1) is 18.7 Å². The van der Waals surface area contributed by atoms with Crippen molar-refractivity contribution in [1.29, 1.82) is 5.26 Å². The summed E-state index contributed by atoms with van der Waals surface area (Å²) in [5, 5.41) is 14.8. The van der Waals surface area contributed by atoms with E-state index in [-0.39, 0.29) is 0 Å². The van der Waals surface area contributed by atoms with Crippen molar-refractivity contribution < 1.29 is 9.59 Å².